The van der Waals surface area contributed by atoms with E-state index in [1.165, 1.54) is 11.5 Å². The topological polar surface area (TPSA) is 68.0 Å². The fourth-order valence-corrected chi connectivity index (χ4v) is 1.41. The van der Waals surface area contributed by atoms with Gasteiger partial charge in [0.1, 0.15) is 5.00 Å². The molecule has 64 valence electrons. The number of nitrogens with two attached hydrogens (primary N) is 1. The average molecular weight is 183 g/mol. The summed E-state index contributed by atoms with van der Waals surface area (Å²) in [4.78, 5) is 10.4. The van der Waals surface area contributed by atoms with Crippen LogP contribution in [0.1, 0.15) is 5.69 Å². The van der Waals surface area contributed by atoms with Gasteiger partial charge < -0.3 is 5.73 Å². The number of hydrogen-bond donors (Lipinski definition) is 2. The first-order chi connectivity index (χ1) is 5.72. The van der Waals surface area contributed by atoms with Crippen molar-refractivity contribution in [2.75, 3.05) is 5.32 Å². The summed E-state index contributed by atoms with van der Waals surface area (Å²) in [6.45, 7) is 3.58. The second-order valence-electron chi connectivity index (χ2n) is 2.16. The number of carbonyl (C=O) groups excluding carboxylic acids is 1. The summed E-state index contributed by atoms with van der Waals surface area (Å²) in [6.07, 6.45) is 2.46. The lowest BCUT2D eigenvalue weighted by Crippen LogP contribution is -2.18. The van der Waals surface area contributed by atoms with Crippen LogP contribution >= 0.6 is 11.5 Å². The Hall–Kier alpha value is -1.36. The molecule has 0 aliphatic heterocycles. The molecule has 0 aliphatic rings. The van der Waals surface area contributed by atoms with Gasteiger partial charge in [-0.2, -0.15) is 4.37 Å². The van der Waals surface area contributed by atoms with Crippen LogP contribution in [-0.4, -0.2) is 10.4 Å². The molecule has 0 bridgehead atoms. The number of aromatic nitrogens is 1. The van der Waals surface area contributed by atoms with E-state index < -0.39 is 6.03 Å². The van der Waals surface area contributed by atoms with Gasteiger partial charge in [-0.25, -0.2) is 4.79 Å². The van der Waals surface area contributed by atoms with E-state index in [2.05, 4.69) is 16.3 Å². The van der Waals surface area contributed by atoms with Crippen LogP contribution in [-0.2, 0) is 6.42 Å². The van der Waals surface area contributed by atoms with E-state index in [0.717, 1.165) is 5.69 Å². The summed E-state index contributed by atoms with van der Waals surface area (Å²) in [5.74, 6) is 0. The predicted molar refractivity (Wildman–Crippen MR) is 49.2 cm³/mol. The van der Waals surface area contributed by atoms with Gasteiger partial charge in [0, 0.05) is 6.42 Å². The molecule has 12 heavy (non-hydrogen) atoms. The van der Waals surface area contributed by atoms with E-state index >= 15 is 0 Å². The molecule has 0 unspecified atom stereocenters. The number of allylic oxidation sites excluding steroid dienone is 1. The summed E-state index contributed by atoms with van der Waals surface area (Å²) in [5.41, 5.74) is 5.80. The molecule has 0 fully saturated rings. The fourth-order valence-electron chi connectivity index (χ4n) is 0.736. The van der Waals surface area contributed by atoms with Crippen molar-refractivity contribution in [1.29, 1.82) is 0 Å². The fraction of sp³-hybridized carbons (Fsp3) is 0.143. The number of nitrogens with zero attached hydrogens (tertiary/aromatic N) is 1. The molecule has 1 aromatic rings. The summed E-state index contributed by atoms with van der Waals surface area (Å²) < 4.78 is 4.06. The maximum absolute atomic E-state index is 10.4. The first-order valence-corrected chi connectivity index (χ1v) is 4.12. The van der Waals surface area contributed by atoms with Gasteiger partial charge in [0.25, 0.3) is 0 Å². The highest BCUT2D eigenvalue weighted by molar-refractivity contribution is 7.10. The van der Waals surface area contributed by atoms with E-state index in [1.807, 2.05) is 0 Å². The lowest BCUT2D eigenvalue weighted by molar-refractivity contribution is 0.259. The van der Waals surface area contributed by atoms with E-state index in [-0.39, 0.29) is 0 Å². The van der Waals surface area contributed by atoms with Gasteiger partial charge in [-0.15, -0.1) is 6.58 Å². The molecule has 3 N–H and O–H groups in total. The Labute approximate surface area is 74.3 Å². The maximum atomic E-state index is 10.4. The Balaban J connectivity index is 2.63. The smallest absolute Gasteiger partial charge is 0.317 e. The normalized spacial score (nSPS) is 9.33. The Bertz CT molecular complexity index is 295. The quantitative estimate of drug-likeness (QED) is 0.695. The minimum absolute atomic E-state index is 0.566. The standard InChI is InChI=1S/C7H9N3OS/c1-2-3-5-4-6(12-10-5)9-7(8)11/h2,4H,1,3H2,(H3,8,9,11). The van der Waals surface area contributed by atoms with E-state index in [0.29, 0.717) is 11.4 Å². The highest BCUT2D eigenvalue weighted by atomic mass is 32.1. The lowest BCUT2D eigenvalue weighted by Gasteiger charge is -1.91. The molecule has 1 rings (SSSR count). The third kappa shape index (κ3) is 2.35. The maximum Gasteiger partial charge on any atom is 0.317 e. The molecule has 0 saturated carbocycles. The van der Waals surface area contributed by atoms with Crippen LogP contribution in [0.2, 0.25) is 0 Å². The third-order valence-electron chi connectivity index (χ3n) is 1.16. The van der Waals surface area contributed by atoms with Crippen molar-refractivity contribution in [1.82, 2.24) is 4.37 Å². The predicted octanol–water partition coefficient (Wildman–Crippen LogP) is 1.36. The van der Waals surface area contributed by atoms with E-state index in [1.54, 1.807) is 12.1 Å². The number of rotatable bonds is 3. The minimum atomic E-state index is -0.566. The van der Waals surface area contributed by atoms with Crippen molar-refractivity contribution in [2.45, 2.75) is 6.42 Å². The molecular formula is C7H9N3OS. The van der Waals surface area contributed by atoms with Crippen molar-refractivity contribution in [3.05, 3.63) is 24.4 Å². The molecule has 0 spiro atoms. The number of nitrogens with one attached hydrogen (secondary N) is 1. The Morgan fingerprint density at radius 3 is 3.25 bits per heavy atom. The molecule has 0 aliphatic carbocycles. The van der Waals surface area contributed by atoms with Gasteiger partial charge >= 0.3 is 6.03 Å². The zero-order valence-electron chi connectivity index (χ0n) is 6.41. The largest absolute Gasteiger partial charge is 0.351 e. The average Bonchev–Trinajstić information content (AvgIpc) is 2.36. The molecule has 1 heterocycles. The number of amides is 2. The van der Waals surface area contributed by atoms with Crippen LogP contribution in [0.3, 0.4) is 0 Å². The van der Waals surface area contributed by atoms with Crippen LogP contribution in [0.25, 0.3) is 0 Å². The molecule has 0 atom stereocenters. The van der Waals surface area contributed by atoms with Crippen LogP contribution in [0, 0.1) is 0 Å². The van der Waals surface area contributed by atoms with Crippen molar-refractivity contribution in [2.24, 2.45) is 5.73 Å². The second-order valence-corrected chi connectivity index (χ2v) is 2.97. The van der Waals surface area contributed by atoms with Crippen LogP contribution in [0.4, 0.5) is 9.80 Å². The van der Waals surface area contributed by atoms with Gasteiger partial charge in [-0.1, -0.05) is 6.08 Å². The van der Waals surface area contributed by atoms with E-state index in [9.17, 15) is 4.79 Å². The second kappa shape index (κ2) is 3.87. The lowest BCUT2D eigenvalue weighted by atomic mass is 10.3. The summed E-state index contributed by atoms with van der Waals surface area (Å²) in [7, 11) is 0. The number of carbonyl (C=O) groups is 1. The summed E-state index contributed by atoms with van der Waals surface area (Å²) in [6, 6.07) is 1.21. The molecular weight excluding hydrogens is 174 g/mol. The molecule has 0 aromatic carbocycles. The van der Waals surface area contributed by atoms with Gasteiger partial charge in [-0.3, -0.25) is 5.32 Å². The Kier molecular flexibility index (Phi) is 2.82. The number of hydrogen-bond acceptors (Lipinski definition) is 3. The van der Waals surface area contributed by atoms with Gasteiger partial charge in [-0.05, 0) is 17.6 Å². The van der Waals surface area contributed by atoms with Gasteiger partial charge in [0.05, 0.1) is 5.69 Å². The minimum Gasteiger partial charge on any atom is -0.351 e. The molecule has 0 saturated heterocycles. The zero-order chi connectivity index (χ0) is 8.97. The first kappa shape index (κ1) is 8.73. The van der Waals surface area contributed by atoms with Crippen molar-refractivity contribution in [3.8, 4) is 0 Å². The Morgan fingerprint density at radius 1 is 1.92 bits per heavy atom. The number of primary amides is 1. The van der Waals surface area contributed by atoms with Crippen molar-refractivity contribution >= 4 is 22.6 Å². The highest BCUT2D eigenvalue weighted by Gasteiger charge is 2.01. The monoisotopic (exact) mass is 183 g/mol. The van der Waals surface area contributed by atoms with Crippen molar-refractivity contribution < 1.29 is 4.79 Å². The van der Waals surface area contributed by atoms with Crippen LogP contribution in [0.5, 0.6) is 0 Å². The first-order valence-electron chi connectivity index (χ1n) is 3.35. The van der Waals surface area contributed by atoms with Crippen molar-refractivity contribution in [3.63, 3.8) is 0 Å². The molecule has 2 amide bonds. The molecule has 5 heteroatoms. The SMILES string of the molecule is C=CCc1cc(NC(N)=O)sn1. The molecule has 4 nitrogen and oxygen atoms in total. The summed E-state index contributed by atoms with van der Waals surface area (Å²) >= 11 is 1.21. The van der Waals surface area contributed by atoms with Gasteiger partial charge in [0.2, 0.25) is 0 Å². The third-order valence-corrected chi connectivity index (χ3v) is 1.90. The molecule has 1 aromatic heterocycles. The highest BCUT2D eigenvalue weighted by Crippen LogP contribution is 2.16. The molecule has 0 radical (unpaired) electrons. The Morgan fingerprint density at radius 2 is 2.67 bits per heavy atom. The van der Waals surface area contributed by atoms with Crippen LogP contribution < -0.4 is 11.1 Å². The van der Waals surface area contributed by atoms with Crippen LogP contribution in [0.15, 0.2) is 18.7 Å². The number of urea groups is 1. The zero-order valence-corrected chi connectivity index (χ0v) is 7.23. The summed E-state index contributed by atoms with van der Waals surface area (Å²) in [5, 5.41) is 3.11. The van der Waals surface area contributed by atoms with Gasteiger partial charge in [0.15, 0.2) is 0 Å². The van der Waals surface area contributed by atoms with E-state index in [4.69, 9.17) is 5.73 Å². The number of anilines is 1.